The van der Waals surface area contributed by atoms with Gasteiger partial charge in [0.1, 0.15) is 5.75 Å². The van der Waals surface area contributed by atoms with Gasteiger partial charge in [-0.1, -0.05) is 18.9 Å². The predicted molar refractivity (Wildman–Crippen MR) is 87.1 cm³/mol. The maximum absolute atomic E-state index is 5.84. The largest absolute Gasteiger partial charge is 0.494 e. The van der Waals surface area contributed by atoms with E-state index in [1.807, 2.05) is 0 Å². The molecular weight excluding hydrogens is 262 g/mol. The lowest BCUT2D eigenvalue weighted by molar-refractivity contribution is 0.0371. The number of benzene rings is 1. The van der Waals surface area contributed by atoms with Gasteiger partial charge in [0, 0.05) is 13.1 Å². The fraction of sp³-hybridized carbons (Fsp3) is 0.667. The van der Waals surface area contributed by atoms with E-state index in [9.17, 15) is 0 Å². The molecule has 0 unspecified atom stereocenters. The Morgan fingerprint density at radius 2 is 1.62 bits per heavy atom. The summed E-state index contributed by atoms with van der Waals surface area (Å²) in [6, 6.07) is 6.41. The summed E-state index contributed by atoms with van der Waals surface area (Å²) in [7, 11) is 0. The molecule has 0 N–H and O–H groups in total. The number of hydrogen-bond donors (Lipinski definition) is 0. The average Bonchev–Trinajstić information content (AvgIpc) is 2.46. The van der Waals surface area contributed by atoms with Crippen molar-refractivity contribution in [2.75, 3.05) is 39.5 Å². The number of morpholine rings is 1. The molecule has 1 aromatic carbocycles. The molecule has 0 atom stereocenters. The van der Waals surface area contributed by atoms with Crippen LogP contribution < -0.4 is 4.74 Å². The van der Waals surface area contributed by atoms with Gasteiger partial charge in [-0.15, -0.1) is 0 Å². The van der Waals surface area contributed by atoms with E-state index >= 15 is 0 Å². The van der Waals surface area contributed by atoms with Crippen LogP contribution in [0.2, 0.25) is 0 Å². The quantitative estimate of drug-likeness (QED) is 0.683. The monoisotopic (exact) mass is 291 g/mol. The van der Waals surface area contributed by atoms with Crippen LogP contribution in [0.15, 0.2) is 18.2 Å². The third-order valence-corrected chi connectivity index (χ3v) is 3.94. The van der Waals surface area contributed by atoms with Gasteiger partial charge in [0.25, 0.3) is 0 Å². The highest BCUT2D eigenvalue weighted by molar-refractivity contribution is 5.32. The zero-order valence-corrected chi connectivity index (χ0v) is 13.6. The summed E-state index contributed by atoms with van der Waals surface area (Å²) in [6.07, 6.45) is 5.00. The Morgan fingerprint density at radius 3 is 2.33 bits per heavy atom. The molecule has 0 aliphatic carbocycles. The van der Waals surface area contributed by atoms with E-state index in [2.05, 4.69) is 36.9 Å². The normalized spacial score (nSPS) is 16.1. The standard InChI is InChI=1S/C18H29NO2/c1-16-13-17(2)15-18(14-16)21-10-6-4-3-5-7-19-8-11-20-12-9-19/h13-15H,3-12H2,1-2H3. The van der Waals surface area contributed by atoms with Crippen molar-refractivity contribution in [3.05, 3.63) is 29.3 Å². The van der Waals surface area contributed by atoms with Crippen molar-refractivity contribution in [2.24, 2.45) is 0 Å². The van der Waals surface area contributed by atoms with Gasteiger partial charge in [-0.05, 0) is 56.5 Å². The first kappa shape index (κ1) is 16.3. The van der Waals surface area contributed by atoms with Crippen LogP contribution in [-0.2, 0) is 4.74 Å². The van der Waals surface area contributed by atoms with Crippen LogP contribution >= 0.6 is 0 Å². The molecule has 118 valence electrons. The number of unbranched alkanes of at least 4 members (excludes halogenated alkanes) is 3. The average molecular weight is 291 g/mol. The molecule has 3 nitrogen and oxygen atoms in total. The zero-order valence-electron chi connectivity index (χ0n) is 13.6. The number of nitrogens with zero attached hydrogens (tertiary/aromatic N) is 1. The Bertz CT molecular complexity index is 393. The minimum absolute atomic E-state index is 0.834. The number of hydrogen-bond acceptors (Lipinski definition) is 3. The topological polar surface area (TPSA) is 21.7 Å². The molecule has 3 heteroatoms. The molecule has 1 aliphatic rings. The summed E-state index contributed by atoms with van der Waals surface area (Å²) in [4.78, 5) is 2.51. The van der Waals surface area contributed by atoms with E-state index in [-0.39, 0.29) is 0 Å². The highest BCUT2D eigenvalue weighted by atomic mass is 16.5. The summed E-state index contributed by atoms with van der Waals surface area (Å²) >= 11 is 0. The van der Waals surface area contributed by atoms with Crippen LogP contribution in [0.3, 0.4) is 0 Å². The Hall–Kier alpha value is -1.06. The van der Waals surface area contributed by atoms with Crippen LogP contribution in [0, 0.1) is 13.8 Å². The molecule has 1 fully saturated rings. The van der Waals surface area contributed by atoms with Crippen LogP contribution in [0.25, 0.3) is 0 Å². The van der Waals surface area contributed by atoms with Crippen molar-refractivity contribution in [3.8, 4) is 5.75 Å². The third-order valence-electron chi connectivity index (χ3n) is 3.94. The smallest absolute Gasteiger partial charge is 0.119 e. The van der Waals surface area contributed by atoms with E-state index in [1.165, 1.54) is 36.9 Å². The molecule has 1 aliphatic heterocycles. The molecule has 0 aromatic heterocycles. The third kappa shape index (κ3) is 6.49. The second-order valence-electron chi connectivity index (χ2n) is 6.04. The van der Waals surface area contributed by atoms with Crippen molar-refractivity contribution in [2.45, 2.75) is 39.5 Å². The van der Waals surface area contributed by atoms with E-state index in [4.69, 9.17) is 9.47 Å². The SMILES string of the molecule is Cc1cc(C)cc(OCCCCCCN2CCOCC2)c1. The fourth-order valence-electron chi connectivity index (χ4n) is 2.82. The van der Waals surface area contributed by atoms with E-state index in [0.717, 1.165) is 45.1 Å². The highest BCUT2D eigenvalue weighted by Crippen LogP contribution is 2.16. The van der Waals surface area contributed by atoms with E-state index in [0.29, 0.717) is 0 Å². The van der Waals surface area contributed by atoms with Crippen LogP contribution in [0.4, 0.5) is 0 Å². The maximum Gasteiger partial charge on any atom is 0.119 e. The number of rotatable bonds is 8. The lowest BCUT2D eigenvalue weighted by Crippen LogP contribution is -2.36. The Morgan fingerprint density at radius 1 is 0.952 bits per heavy atom. The number of aryl methyl sites for hydroxylation is 2. The first-order valence-electron chi connectivity index (χ1n) is 8.25. The van der Waals surface area contributed by atoms with Gasteiger partial charge < -0.3 is 9.47 Å². The van der Waals surface area contributed by atoms with Crippen molar-refractivity contribution >= 4 is 0 Å². The molecule has 21 heavy (non-hydrogen) atoms. The van der Waals surface area contributed by atoms with Gasteiger partial charge >= 0.3 is 0 Å². The van der Waals surface area contributed by atoms with Gasteiger partial charge in [-0.2, -0.15) is 0 Å². The summed E-state index contributed by atoms with van der Waals surface area (Å²) in [5.41, 5.74) is 2.55. The molecule has 0 radical (unpaired) electrons. The Labute approximate surface area is 129 Å². The molecule has 0 amide bonds. The van der Waals surface area contributed by atoms with Crippen LogP contribution in [0.5, 0.6) is 5.75 Å². The first-order chi connectivity index (χ1) is 10.2. The predicted octanol–water partition coefficient (Wildman–Crippen LogP) is 3.57. The van der Waals surface area contributed by atoms with Crippen molar-refractivity contribution in [1.29, 1.82) is 0 Å². The van der Waals surface area contributed by atoms with E-state index in [1.54, 1.807) is 0 Å². The second-order valence-corrected chi connectivity index (χ2v) is 6.04. The van der Waals surface area contributed by atoms with E-state index < -0.39 is 0 Å². The van der Waals surface area contributed by atoms with Crippen LogP contribution in [-0.4, -0.2) is 44.4 Å². The van der Waals surface area contributed by atoms with Gasteiger partial charge in [0.2, 0.25) is 0 Å². The summed E-state index contributed by atoms with van der Waals surface area (Å²) < 4.78 is 11.2. The second kappa shape index (κ2) is 9.06. The molecule has 1 heterocycles. The summed E-state index contributed by atoms with van der Waals surface area (Å²) in [5, 5.41) is 0. The lowest BCUT2D eigenvalue weighted by Gasteiger charge is -2.26. The van der Waals surface area contributed by atoms with Crippen molar-refractivity contribution in [1.82, 2.24) is 4.90 Å². The lowest BCUT2D eigenvalue weighted by atomic mass is 10.1. The summed E-state index contributed by atoms with van der Waals surface area (Å²) in [6.45, 7) is 10.3. The molecule has 1 saturated heterocycles. The molecule has 0 saturated carbocycles. The molecular formula is C18H29NO2. The molecule has 1 aromatic rings. The number of ether oxygens (including phenoxy) is 2. The van der Waals surface area contributed by atoms with Gasteiger partial charge in [0.05, 0.1) is 19.8 Å². The zero-order chi connectivity index (χ0) is 14.9. The minimum Gasteiger partial charge on any atom is -0.494 e. The molecule has 2 rings (SSSR count). The fourth-order valence-corrected chi connectivity index (χ4v) is 2.82. The Kier molecular flexibility index (Phi) is 7.04. The first-order valence-corrected chi connectivity index (χ1v) is 8.25. The Balaban J connectivity index is 1.49. The van der Waals surface area contributed by atoms with Crippen molar-refractivity contribution < 1.29 is 9.47 Å². The molecule has 0 bridgehead atoms. The van der Waals surface area contributed by atoms with Gasteiger partial charge in [-0.25, -0.2) is 0 Å². The summed E-state index contributed by atoms with van der Waals surface area (Å²) in [5.74, 6) is 1.01. The van der Waals surface area contributed by atoms with Gasteiger partial charge in [0.15, 0.2) is 0 Å². The van der Waals surface area contributed by atoms with Gasteiger partial charge in [-0.3, -0.25) is 4.90 Å². The highest BCUT2D eigenvalue weighted by Gasteiger charge is 2.08. The van der Waals surface area contributed by atoms with Crippen molar-refractivity contribution in [3.63, 3.8) is 0 Å². The van der Waals surface area contributed by atoms with Crippen LogP contribution in [0.1, 0.15) is 36.8 Å². The molecule has 0 spiro atoms. The maximum atomic E-state index is 5.84. The minimum atomic E-state index is 0.834.